The fourth-order valence-corrected chi connectivity index (χ4v) is 4.43. The van der Waals surface area contributed by atoms with Crippen LogP contribution in [-0.2, 0) is 6.42 Å². The Hall–Kier alpha value is -3.38. The molecule has 1 aromatic heterocycles. The van der Waals surface area contributed by atoms with E-state index in [1.807, 2.05) is 56.6 Å². The Bertz CT molecular complexity index is 1220. The van der Waals surface area contributed by atoms with Gasteiger partial charge in [-0.15, -0.1) is 0 Å². The third kappa shape index (κ3) is 3.94. The van der Waals surface area contributed by atoms with Crippen molar-refractivity contribution in [2.45, 2.75) is 19.3 Å². The topological polar surface area (TPSA) is 63.7 Å². The molecule has 0 atom stereocenters. The van der Waals surface area contributed by atoms with E-state index in [-0.39, 0.29) is 12.7 Å². The van der Waals surface area contributed by atoms with Crippen LogP contribution in [0.3, 0.4) is 0 Å². The van der Waals surface area contributed by atoms with E-state index in [0.29, 0.717) is 6.54 Å². The van der Waals surface area contributed by atoms with E-state index in [4.69, 9.17) is 14.5 Å². The Morgan fingerprint density at radius 1 is 1.12 bits per heavy atom. The van der Waals surface area contributed by atoms with Crippen LogP contribution in [0, 0.1) is 0 Å². The molecule has 0 spiro atoms. The average molecular weight is 430 g/mol. The Labute approximate surface area is 187 Å². The van der Waals surface area contributed by atoms with E-state index < -0.39 is 0 Å². The number of para-hydroxylation sites is 1. The highest BCUT2D eigenvalue weighted by Gasteiger charge is 2.26. The first-order valence-corrected chi connectivity index (χ1v) is 11.1. The standard InChI is InChI=1S/C26H27N3O3/c1-29(2)13-5-12-27-26(30)24-19-6-3-4-7-21(19)28-25-18(9-10-20(24)25)14-17-8-11-22-23(15-17)32-16-31-22/h3-4,6-8,11,14-15H,5,9-10,12-13,16H2,1-2H3,(H,27,30). The summed E-state index contributed by atoms with van der Waals surface area (Å²) in [4.78, 5) is 20.3. The molecule has 0 radical (unpaired) electrons. The number of nitrogens with one attached hydrogen (secondary N) is 1. The summed E-state index contributed by atoms with van der Waals surface area (Å²) in [5.74, 6) is 1.53. The number of amides is 1. The van der Waals surface area contributed by atoms with Crippen LogP contribution in [0.1, 0.15) is 40.0 Å². The number of hydrogen-bond donors (Lipinski definition) is 1. The molecular weight excluding hydrogens is 402 g/mol. The van der Waals surface area contributed by atoms with E-state index in [2.05, 4.69) is 16.3 Å². The minimum absolute atomic E-state index is 0.0112. The third-order valence-corrected chi connectivity index (χ3v) is 5.97. The lowest BCUT2D eigenvalue weighted by Gasteiger charge is -2.14. The number of carbonyl (C=O) groups excluding carboxylic acids is 1. The third-order valence-electron chi connectivity index (χ3n) is 5.97. The zero-order chi connectivity index (χ0) is 22.1. The Morgan fingerprint density at radius 3 is 2.84 bits per heavy atom. The molecule has 6 nitrogen and oxygen atoms in total. The molecule has 0 bridgehead atoms. The predicted molar refractivity (Wildman–Crippen MR) is 126 cm³/mol. The molecule has 0 saturated heterocycles. The van der Waals surface area contributed by atoms with Gasteiger partial charge in [-0.25, -0.2) is 4.98 Å². The molecule has 164 valence electrons. The van der Waals surface area contributed by atoms with Crippen molar-refractivity contribution >= 4 is 28.5 Å². The van der Waals surface area contributed by atoms with Crippen molar-refractivity contribution in [1.29, 1.82) is 0 Å². The number of rotatable bonds is 6. The van der Waals surface area contributed by atoms with Gasteiger partial charge in [-0.1, -0.05) is 24.3 Å². The van der Waals surface area contributed by atoms with Crippen molar-refractivity contribution in [3.63, 3.8) is 0 Å². The summed E-state index contributed by atoms with van der Waals surface area (Å²) in [5, 5.41) is 4.04. The molecule has 0 unspecified atom stereocenters. The minimum atomic E-state index is -0.0112. The quantitative estimate of drug-likeness (QED) is 0.597. The highest BCUT2D eigenvalue weighted by molar-refractivity contribution is 6.09. The first kappa shape index (κ1) is 20.5. The maximum atomic E-state index is 13.3. The van der Waals surface area contributed by atoms with Crippen molar-refractivity contribution in [2.24, 2.45) is 0 Å². The summed E-state index contributed by atoms with van der Waals surface area (Å²) in [7, 11) is 4.08. The lowest BCUT2D eigenvalue weighted by Crippen LogP contribution is -2.28. The average Bonchev–Trinajstić information content (AvgIpc) is 3.41. The van der Waals surface area contributed by atoms with Gasteiger partial charge in [0.1, 0.15) is 0 Å². The number of allylic oxidation sites excluding steroid dienone is 1. The lowest BCUT2D eigenvalue weighted by molar-refractivity contribution is 0.0953. The predicted octanol–water partition coefficient (Wildman–Crippen LogP) is 4.13. The van der Waals surface area contributed by atoms with E-state index in [9.17, 15) is 4.79 Å². The van der Waals surface area contributed by atoms with Crippen molar-refractivity contribution in [3.05, 3.63) is 64.8 Å². The second-order valence-electron chi connectivity index (χ2n) is 8.53. The molecule has 0 saturated carbocycles. The zero-order valence-electron chi connectivity index (χ0n) is 18.5. The number of carbonyl (C=O) groups is 1. The fraction of sp³-hybridized carbons (Fsp3) is 0.308. The van der Waals surface area contributed by atoms with Crippen LogP contribution in [0.2, 0.25) is 0 Å². The maximum absolute atomic E-state index is 13.3. The number of hydrogen-bond acceptors (Lipinski definition) is 5. The van der Waals surface area contributed by atoms with E-state index in [0.717, 1.165) is 76.2 Å². The second kappa shape index (κ2) is 8.63. The number of benzene rings is 2. The molecule has 0 fully saturated rings. The molecule has 5 rings (SSSR count). The van der Waals surface area contributed by atoms with Gasteiger partial charge in [0, 0.05) is 11.9 Å². The molecule has 32 heavy (non-hydrogen) atoms. The summed E-state index contributed by atoms with van der Waals surface area (Å²) >= 11 is 0. The van der Waals surface area contributed by atoms with E-state index >= 15 is 0 Å². The maximum Gasteiger partial charge on any atom is 0.252 e. The van der Waals surface area contributed by atoms with Gasteiger partial charge >= 0.3 is 0 Å². The van der Waals surface area contributed by atoms with Gasteiger partial charge < -0.3 is 19.7 Å². The highest BCUT2D eigenvalue weighted by atomic mass is 16.7. The van der Waals surface area contributed by atoms with Gasteiger partial charge in [0.05, 0.1) is 16.8 Å². The Morgan fingerprint density at radius 2 is 1.97 bits per heavy atom. The molecule has 2 aliphatic rings. The summed E-state index contributed by atoms with van der Waals surface area (Å²) in [6.07, 6.45) is 4.73. The molecule has 6 heteroatoms. The number of aromatic nitrogens is 1. The van der Waals surface area contributed by atoms with Crippen LogP contribution in [0.4, 0.5) is 0 Å². The van der Waals surface area contributed by atoms with Crippen LogP contribution >= 0.6 is 0 Å². The van der Waals surface area contributed by atoms with Gasteiger partial charge in [-0.2, -0.15) is 0 Å². The molecule has 2 aromatic carbocycles. The molecule has 1 aliphatic carbocycles. The van der Waals surface area contributed by atoms with Crippen LogP contribution in [0.25, 0.3) is 22.6 Å². The van der Waals surface area contributed by atoms with Crippen LogP contribution in [-0.4, -0.2) is 49.8 Å². The number of ether oxygens (including phenoxy) is 2. The fourth-order valence-electron chi connectivity index (χ4n) is 4.43. The number of nitrogens with zero attached hydrogens (tertiary/aromatic N) is 2. The molecule has 3 aromatic rings. The summed E-state index contributed by atoms with van der Waals surface area (Å²) in [5.41, 5.74) is 5.78. The molecule has 1 N–H and O–H groups in total. The van der Waals surface area contributed by atoms with Crippen molar-refractivity contribution in [1.82, 2.24) is 15.2 Å². The van der Waals surface area contributed by atoms with Crippen molar-refractivity contribution < 1.29 is 14.3 Å². The lowest BCUT2D eigenvalue weighted by atomic mass is 10.00. The normalized spacial score (nSPS) is 15.5. The second-order valence-corrected chi connectivity index (χ2v) is 8.53. The van der Waals surface area contributed by atoms with Crippen LogP contribution in [0.5, 0.6) is 11.5 Å². The van der Waals surface area contributed by atoms with E-state index in [1.165, 1.54) is 0 Å². The first-order chi connectivity index (χ1) is 15.6. The largest absolute Gasteiger partial charge is 0.454 e. The molecular formula is C26H27N3O3. The monoisotopic (exact) mass is 429 g/mol. The van der Waals surface area contributed by atoms with Gasteiger partial charge in [0.25, 0.3) is 5.91 Å². The van der Waals surface area contributed by atoms with Gasteiger partial charge in [-0.3, -0.25) is 4.79 Å². The van der Waals surface area contributed by atoms with Gasteiger partial charge in [0.2, 0.25) is 6.79 Å². The van der Waals surface area contributed by atoms with E-state index in [1.54, 1.807) is 0 Å². The summed E-state index contributed by atoms with van der Waals surface area (Å²) < 4.78 is 10.9. The SMILES string of the molecule is CN(C)CCCNC(=O)c1c2c(nc3ccccc13)C(=Cc1ccc3c(c1)OCO3)CC2. The molecule has 1 aliphatic heterocycles. The highest BCUT2D eigenvalue weighted by Crippen LogP contribution is 2.39. The van der Waals surface area contributed by atoms with Crippen molar-refractivity contribution in [3.8, 4) is 11.5 Å². The van der Waals surface area contributed by atoms with Crippen molar-refractivity contribution in [2.75, 3.05) is 34.0 Å². The minimum Gasteiger partial charge on any atom is -0.454 e. The summed E-state index contributed by atoms with van der Waals surface area (Å²) in [6, 6.07) is 13.9. The number of fused-ring (bicyclic) bond motifs is 3. The smallest absolute Gasteiger partial charge is 0.252 e. The van der Waals surface area contributed by atoms with Gasteiger partial charge in [0.15, 0.2) is 11.5 Å². The Balaban J connectivity index is 1.50. The zero-order valence-corrected chi connectivity index (χ0v) is 18.5. The summed E-state index contributed by atoms with van der Waals surface area (Å²) in [6.45, 7) is 1.86. The Kier molecular flexibility index (Phi) is 5.53. The molecule has 2 heterocycles. The molecule has 1 amide bonds. The van der Waals surface area contributed by atoms with Gasteiger partial charge in [-0.05, 0) is 80.9 Å². The number of pyridine rings is 1. The van der Waals surface area contributed by atoms with Crippen LogP contribution < -0.4 is 14.8 Å². The van der Waals surface area contributed by atoms with Crippen LogP contribution in [0.15, 0.2) is 42.5 Å². The first-order valence-electron chi connectivity index (χ1n) is 11.1.